The Morgan fingerprint density at radius 1 is 1.38 bits per heavy atom. The summed E-state index contributed by atoms with van der Waals surface area (Å²) in [4.78, 5) is 35.2. The number of imide groups is 1. The summed E-state index contributed by atoms with van der Waals surface area (Å²) in [5.41, 5.74) is -0.588. The van der Waals surface area contributed by atoms with E-state index in [1.165, 1.54) is 0 Å². The molecule has 1 saturated heterocycles. The average Bonchev–Trinajstić information content (AvgIpc) is 2.48. The molecule has 1 aliphatic rings. The van der Waals surface area contributed by atoms with Crippen molar-refractivity contribution in [2.75, 3.05) is 6.54 Å². The van der Waals surface area contributed by atoms with Crippen molar-refractivity contribution in [2.45, 2.75) is 39.5 Å². The van der Waals surface area contributed by atoms with Gasteiger partial charge >= 0.3 is 5.97 Å². The van der Waals surface area contributed by atoms with Gasteiger partial charge in [0.05, 0.1) is 11.8 Å². The van der Waals surface area contributed by atoms with Gasteiger partial charge in [-0.2, -0.15) is 0 Å². The van der Waals surface area contributed by atoms with Gasteiger partial charge in [-0.1, -0.05) is 13.8 Å². The molecule has 1 rings (SSSR count). The molecule has 90 valence electrons. The Morgan fingerprint density at radius 3 is 2.31 bits per heavy atom. The van der Waals surface area contributed by atoms with Crippen LogP contribution in [0.25, 0.3) is 0 Å². The molecule has 0 saturated carbocycles. The first-order chi connectivity index (χ1) is 7.46. The lowest BCUT2D eigenvalue weighted by Gasteiger charge is -2.23. The zero-order valence-electron chi connectivity index (χ0n) is 9.65. The maximum Gasteiger partial charge on any atom is 0.305 e. The van der Waals surface area contributed by atoms with Crippen molar-refractivity contribution < 1.29 is 19.5 Å². The minimum atomic E-state index is -0.994. The van der Waals surface area contributed by atoms with Crippen LogP contribution in [-0.2, 0) is 14.4 Å². The molecule has 1 heterocycles. The number of hydrogen-bond acceptors (Lipinski definition) is 3. The van der Waals surface area contributed by atoms with Gasteiger partial charge in [-0.15, -0.1) is 0 Å². The second-order valence-corrected chi connectivity index (χ2v) is 4.16. The molecule has 0 aromatic rings. The van der Waals surface area contributed by atoms with Gasteiger partial charge in [0.15, 0.2) is 0 Å². The molecule has 0 atom stereocenters. The maximum atomic E-state index is 12.0. The SMILES string of the molecule is CCC1(CC)CC(=O)N(CCC(=O)O)C1=O. The van der Waals surface area contributed by atoms with E-state index < -0.39 is 11.4 Å². The van der Waals surface area contributed by atoms with Crippen LogP contribution in [0.15, 0.2) is 0 Å². The molecule has 16 heavy (non-hydrogen) atoms. The Morgan fingerprint density at radius 2 is 1.94 bits per heavy atom. The lowest BCUT2D eigenvalue weighted by molar-refractivity contribution is -0.143. The summed E-state index contributed by atoms with van der Waals surface area (Å²) in [6.45, 7) is 3.76. The fourth-order valence-corrected chi connectivity index (χ4v) is 2.10. The molecule has 0 unspecified atom stereocenters. The number of aliphatic carboxylic acids is 1. The van der Waals surface area contributed by atoms with Crippen LogP contribution in [0.2, 0.25) is 0 Å². The van der Waals surface area contributed by atoms with E-state index in [0.717, 1.165) is 4.90 Å². The number of amides is 2. The molecule has 1 N–H and O–H groups in total. The average molecular weight is 227 g/mol. The Labute approximate surface area is 94.4 Å². The van der Waals surface area contributed by atoms with Crippen molar-refractivity contribution in [1.82, 2.24) is 4.90 Å². The largest absolute Gasteiger partial charge is 0.481 e. The highest BCUT2D eigenvalue weighted by Crippen LogP contribution is 2.39. The highest BCUT2D eigenvalue weighted by molar-refractivity contribution is 6.06. The minimum Gasteiger partial charge on any atom is -0.481 e. The van der Waals surface area contributed by atoms with Crippen LogP contribution in [0.1, 0.15) is 39.5 Å². The normalized spacial score (nSPS) is 19.2. The molecule has 0 spiro atoms. The minimum absolute atomic E-state index is 0.00521. The molecular weight excluding hydrogens is 210 g/mol. The quantitative estimate of drug-likeness (QED) is 0.712. The van der Waals surface area contributed by atoms with Gasteiger partial charge in [-0.3, -0.25) is 19.3 Å². The molecule has 0 aliphatic carbocycles. The number of nitrogens with zero attached hydrogens (tertiary/aromatic N) is 1. The fraction of sp³-hybridized carbons (Fsp3) is 0.727. The molecule has 2 amide bonds. The lowest BCUT2D eigenvalue weighted by Crippen LogP contribution is -2.36. The third kappa shape index (κ3) is 2.08. The zero-order valence-corrected chi connectivity index (χ0v) is 9.65. The van der Waals surface area contributed by atoms with E-state index in [4.69, 9.17) is 5.11 Å². The van der Waals surface area contributed by atoms with Gasteiger partial charge in [0, 0.05) is 13.0 Å². The van der Waals surface area contributed by atoms with Crippen LogP contribution in [0, 0.1) is 5.41 Å². The zero-order chi connectivity index (χ0) is 12.3. The summed E-state index contributed by atoms with van der Waals surface area (Å²) < 4.78 is 0. The molecule has 1 fully saturated rings. The van der Waals surface area contributed by atoms with E-state index in [1.807, 2.05) is 13.8 Å². The van der Waals surface area contributed by atoms with Gasteiger partial charge in [0.2, 0.25) is 11.8 Å². The monoisotopic (exact) mass is 227 g/mol. The van der Waals surface area contributed by atoms with E-state index in [2.05, 4.69) is 0 Å². The molecule has 5 heteroatoms. The number of carbonyl (C=O) groups excluding carboxylic acids is 2. The number of carbonyl (C=O) groups is 3. The summed E-state index contributed by atoms with van der Waals surface area (Å²) in [5, 5.41) is 8.54. The van der Waals surface area contributed by atoms with Crippen molar-refractivity contribution in [3.63, 3.8) is 0 Å². The Bertz CT molecular complexity index is 320. The van der Waals surface area contributed by atoms with Crippen LogP contribution >= 0.6 is 0 Å². The first-order valence-electron chi connectivity index (χ1n) is 5.53. The third-order valence-electron chi connectivity index (χ3n) is 3.39. The first kappa shape index (κ1) is 12.7. The smallest absolute Gasteiger partial charge is 0.305 e. The van der Waals surface area contributed by atoms with E-state index >= 15 is 0 Å². The second kappa shape index (κ2) is 4.63. The van der Waals surface area contributed by atoms with Gasteiger partial charge in [-0.05, 0) is 12.8 Å². The van der Waals surface area contributed by atoms with Crippen molar-refractivity contribution in [2.24, 2.45) is 5.41 Å². The van der Waals surface area contributed by atoms with E-state index in [-0.39, 0.29) is 31.2 Å². The summed E-state index contributed by atoms with van der Waals surface area (Å²) in [6.07, 6.45) is 1.29. The van der Waals surface area contributed by atoms with Crippen molar-refractivity contribution >= 4 is 17.8 Å². The Balaban J connectivity index is 2.78. The fourth-order valence-electron chi connectivity index (χ4n) is 2.10. The summed E-state index contributed by atoms with van der Waals surface area (Å²) in [6, 6.07) is 0. The van der Waals surface area contributed by atoms with Crippen molar-refractivity contribution in [3.05, 3.63) is 0 Å². The highest BCUT2D eigenvalue weighted by Gasteiger charge is 2.48. The topological polar surface area (TPSA) is 74.7 Å². The molecule has 0 aromatic carbocycles. The standard InChI is InChI=1S/C11H17NO4/c1-3-11(4-2)7-8(13)12(10(11)16)6-5-9(14)15/h3-7H2,1-2H3,(H,14,15). The molecule has 5 nitrogen and oxygen atoms in total. The summed E-state index contributed by atoms with van der Waals surface area (Å²) >= 11 is 0. The van der Waals surface area contributed by atoms with Gasteiger partial charge in [0.1, 0.15) is 0 Å². The Hall–Kier alpha value is -1.39. The van der Waals surface area contributed by atoms with E-state index in [9.17, 15) is 14.4 Å². The first-order valence-corrected chi connectivity index (χ1v) is 5.53. The predicted octanol–water partition coefficient (Wildman–Crippen LogP) is 1.03. The predicted molar refractivity (Wildman–Crippen MR) is 56.6 cm³/mol. The number of carboxylic acid groups (broad SMARTS) is 1. The van der Waals surface area contributed by atoms with Crippen LogP contribution < -0.4 is 0 Å². The van der Waals surface area contributed by atoms with E-state index in [0.29, 0.717) is 12.8 Å². The molecule has 0 radical (unpaired) electrons. The van der Waals surface area contributed by atoms with Gasteiger partial charge in [-0.25, -0.2) is 0 Å². The lowest BCUT2D eigenvalue weighted by atomic mass is 9.81. The number of hydrogen-bond donors (Lipinski definition) is 1. The molecule has 0 bridgehead atoms. The van der Waals surface area contributed by atoms with Crippen LogP contribution in [-0.4, -0.2) is 34.3 Å². The molecule has 0 aromatic heterocycles. The van der Waals surface area contributed by atoms with Crippen LogP contribution in [0.5, 0.6) is 0 Å². The summed E-state index contributed by atoms with van der Waals surface area (Å²) in [7, 11) is 0. The molecular formula is C11H17NO4. The maximum absolute atomic E-state index is 12.0. The highest BCUT2D eigenvalue weighted by atomic mass is 16.4. The van der Waals surface area contributed by atoms with Crippen molar-refractivity contribution in [1.29, 1.82) is 0 Å². The third-order valence-corrected chi connectivity index (χ3v) is 3.39. The molecule has 1 aliphatic heterocycles. The number of rotatable bonds is 5. The number of carboxylic acids is 1. The number of likely N-dealkylation sites (tertiary alicyclic amines) is 1. The summed E-state index contributed by atoms with van der Waals surface area (Å²) in [5.74, 6) is -1.44. The van der Waals surface area contributed by atoms with E-state index in [1.54, 1.807) is 0 Å². The second-order valence-electron chi connectivity index (χ2n) is 4.16. The van der Waals surface area contributed by atoms with Crippen molar-refractivity contribution in [3.8, 4) is 0 Å². The van der Waals surface area contributed by atoms with Gasteiger partial charge in [0.25, 0.3) is 0 Å². The van der Waals surface area contributed by atoms with Crippen LogP contribution in [0.4, 0.5) is 0 Å². The van der Waals surface area contributed by atoms with Gasteiger partial charge < -0.3 is 5.11 Å². The van der Waals surface area contributed by atoms with Crippen LogP contribution in [0.3, 0.4) is 0 Å². The Kier molecular flexibility index (Phi) is 3.67.